The van der Waals surface area contributed by atoms with Gasteiger partial charge >= 0.3 is 5.76 Å². The zero-order valence-corrected chi connectivity index (χ0v) is 12.4. The Labute approximate surface area is 134 Å². The molecule has 0 aliphatic rings. The van der Waals surface area contributed by atoms with Crippen LogP contribution in [0.1, 0.15) is 5.56 Å². The van der Waals surface area contributed by atoms with E-state index in [1.54, 1.807) is 6.20 Å². The van der Waals surface area contributed by atoms with Crippen LogP contribution < -0.4 is 5.76 Å². The maximum absolute atomic E-state index is 12.2. The summed E-state index contributed by atoms with van der Waals surface area (Å²) in [4.78, 5) is 27.0. The molecule has 0 unspecified atom stereocenters. The first kappa shape index (κ1) is 14.1. The Balaban J connectivity index is 1.90. The van der Waals surface area contributed by atoms with Gasteiger partial charge in [0.1, 0.15) is 0 Å². The van der Waals surface area contributed by atoms with E-state index in [1.165, 1.54) is 22.8 Å². The number of hydrogen-bond acceptors (Lipinski definition) is 5. The van der Waals surface area contributed by atoms with Crippen molar-refractivity contribution in [2.75, 3.05) is 0 Å². The number of nitro groups is 1. The Hall–Kier alpha value is -3.48. The number of nitro benzene ring substituents is 1. The molecule has 4 rings (SSSR count). The first-order valence-electron chi connectivity index (χ1n) is 7.24. The van der Waals surface area contributed by atoms with E-state index in [-0.39, 0.29) is 12.2 Å². The van der Waals surface area contributed by atoms with Crippen LogP contribution in [0, 0.1) is 10.1 Å². The number of rotatable bonds is 3. The minimum absolute atomic E-state index is 0.0897. The third kappa shape index (κ3) is 2.23. The van der Waals surface area contributed by atoms with Gasteiger partial charge in [0.25, 0.3) is 5.69 Å². The van der Waals surface area contributed by atoms with E-state index in [9.17, 15) is 14.9 Å². The molecule has 7 nitrogen and oxygen atoms in total. The molecule has 0 atom stereocenters. The van der Waals surface area contributed by atoms with Gasteiger partial charge in [-0.2, -0.15) is 0 Å². The maximum Gasteiger partial charge on any atom is 0.420 e. The third-order valence-corrected chi connectivity index (χ3v) is 3.91. The van der Waals surface area contributed by atoms with E-state index in [1.807, 2.05) is 30.3 Å². The van der Waals surface area contributed by atoms with Gasteiger partial charge in [0.2, 0.25) is 0 Å². The average molecular weight is 321 g/mol. The lowest BCUT2D eigenvalue weighted by Crippen LogP contribution is -2.15. The fourth-order valence-corrected chi connectivity index (χ4v) is 2.78. The average Bonchev–Trinajstić information content (AvgIpc) is 2.90. The smallest absolute Gasteiger partial charge is 0.408 e. The summed E-state index contributed by atoms with van der Waals surface area (Å²) in [5.41, 5.74) is 2.24. The van der Waals surface area contributed by atoms with E-state index in [0.717, 1.165) is 16.5 Å². The molecule has 24 heavy (non-hydrogen) atoms. The molecule has 0 amide bonds. The van der Waals surface area contributed by atoms with Crippen molar-refractivity contribution < 1.29 is 9.34 Å². The van der Waals surface area contributed by atoms with Crippen molar-refractivity contribution in [2.45, 2.75) is 6.54 Å². The monoisotopic (exact) mass is 321 g/mol. The van der Waals surface area contributed by atoms with Crippen LogP contribution in [0.4, 0.5) is 5.69 Å². The Morgan fingerprint density at radius 2 is 2.00 bits per heavy atom. The first-order valence-corrected chi connectivity index (χ1v) is 7.24. The summed E-state index contributed by atoms with van der Waals surface area (Å²) < 4.78 is 6.56. The molecule has 2 aromatic carbocycles. The zero-order chi connectivity index (χ0) is 16.7. The highest BCUT2D eigenvalue weighted by atomic mass is 16.6. The Morgan fingerprint density at radius 1 is 1.17 bits per heavy atom. The SMILES string of the molecule is O=c1oc2ccc([N+](=O)[O-])cc2n1Cc1cccc2cccnc12. The van der Waals surface area contributed by atoms with Crippen molar-refractivity contribution >= 4 is 27.7 Å². The molecule has 0 saturated heterocycles. The molecule has 0 fully saturated rings. The standard InChI is InChI=1S/C17H11N3O4/c21-17-19(14-9-13(20(22)23)6-7-15(14)24-17)10-12-4-1-3-11-5-2-8-18-16(11)12/h1-9H,10H2. The zero-order valence-electron chi connectivity index (χ0n) is 12.4. The maximum atomic E-state index is 12.2. The second-order valence-corrected chi connectivity index (χ2v) is 5.36. The lowest BCUT2D eigenvalue weighted by Gasteiger charge is -2.06. The van der Waals surface area contributed by atoms with Gasteiger partial charge in [-0.1, -0.05) is 24.3 Å². The Kier molecular flexibility index (Phi) is 3.13. The summed E-state index contributed by atoms with van der Waals surface area (Å²) in [5.74, 6) is -0.557. The van der Waals surface area contributed by atoms with E-state index in [2.05, 4.69) is 4.98 Å². The van der Waals surface area contributed by atoms with Gasteiger partial charge < -0.3 is 4.42 Å². The minimum Gasteiger partial charge on any atom is -0.408 e. The van der Waals surface area contributed by atoms with Crippen LogP contribution in [0.2, 0.25) is 0 Å². The summed E-state index contributed by atoms with van der Waals surface area (Å²) >= 11 is 0. The number of aromatic nitrogens is 2. The fraction of sp³-hybridized carbons (Fsp3) is 0.0588. The highest BCUT2D eigenvalue weighted by Gasteiger charge is 2.15. The molecular weight excluding hydrogens is 310 g/mol. The highest BCUT2D eigenvalue weighted by molar-refractivity contribution is 5.82. The van der Waals surface area contributed by atoms with Crippen LogP contribution in [-0.2, 0) is 6.54 Å². The number of para-hydroxylation sites is 1. The topological polar surface area (TPSA) is 91.2 Å². The molecular formula is C17H11N3O4. The number of hydrogen-bond donors (Lipinski definition) is 0. The summed E-state index contributed by atoms with van der Waals surface area (Å²) in [6, 6.07) is 13.6. The van der Waals surface area contributed by atoms with Crippen molar-refractivity contribution in [1.29, 1.82) is 0 Å². The lowest BCUT2D eigenvalue weighted by molar-refractivity contribution is -0.384. The van der Waals surface area contributed by atoms with E-state index < -0.39 is 10.7 Å². The predicted molar refractivity (Wildman–Crippen MR) is 88.0 cm³/mol. The molecule has 2 aromatic heterocycles. The van der Waals surface area contributed by atoms with Gasteiger partial charge in [-0.15, -0.1) is 0 Å². The summed E-state index contributed by atoms with van der Waals surface area (Å²) in [6.45, 7) is 0.224. The van der Waals surface area contributed by atoms with Crippen LogP contribution in [-0.4, -0.2) is 14.5 Å². The summed E-state index contributed by atoms with van der Waals surface area (Å²) in [6.07, 6.45) is 1.69. The molecule has 0 radical (unpaired) electrons. The molecule has 118 valence electrons. The summed E-state index contributed by atoms with van der Waals surface area (Å²) in [7, 11) is 0. The number of non-ortho nitro benzene ring substituents is 1. The molecule has 7 heteroatoms. The van der Waals surface area contributed by atoms with Crippen LogP contribution >= 0.6 is 0 Å². The normalized spacial score (nSPS) is 11.2. The number of pyridine rings is 1. The minimum atomic E-state index is -0.557. The van der Waals surface area contributed by atoms with E-state index in [4.69, 9.17) is 4.42 Å². The number of oxazole rings is 1. The van der Waals surface area contributed by atoms with Gasteiger partial charge in [0.15, 0.2) is 5.58 Å². The fourth-order valence-electron chi connectivity index (χ4n) is 2.78. The van der Waals surface area contributed by atoms with Crippen molar-refractivity contribution in [1.82, 2.24) is 9.55 Å². The van der Waals surface area contributed by atoms with Crippen LogP contribution in [0.25, 0.3) is 22.0 Å². The predicted octanol–water partition coefficient (Wildman–Crippen LogP) is 3.10. The largest absolute Gasteiger partial charge is 0.420 e. The molecule has 0 aliphatic heterocycles. The number of fused-ring (bicyclic) bond motifs is 2. The van der Waals surface area contributed by atoms with E-state index in [0.29, 0.717) is 11.1 Å². The molecule has 0 aliphatic carbocycles. The second-order valence-electron chi connectivity index (χ2n) is 5.36. The van der Waals surface area contributed by atoms with Gasteiger partial charge in [-0.05, 0) is 17.7 Å². The number of benzene rings is 2. The molecule has 0 N–H and O–H groups in total. The quantitative estimate of drug-likeness (QED) is 0.427. The van der Waals surface area contributed by atoms with Crippen molar-refractivity contribution in [3.63, 3.8) is 0 Å². The van der Waals surface area contributed by atoms with Crippen LogP contribution in [0.3, 0.4) is 0 Å². The van der Waals surface area contributed by atoms with Crippen molar-refractivity contribution in [3.8, 4) is 0 Å². The third-order valence-electron chi connectivity index (χ3n) is 3.91. The summed E-state index contributed by atoms with van der Waals surface area (Å²) in [5, 5.41) is 11.9. The molecule has 0 saturated carbocycles. The van der Waals surface area contributed by atoms with Gasteiger partial charge in [0, 0.05) is 23.7 Å². The van der Waals surface area contributed by atoms with E-state index >= 15 is 0 Å². The molecule has 2 heterocycles. The van der Waals surface area contributed by atoms with Crippen LogP contribution in [0.15, 0.2) is 63.9 Å². The first-order chi connectivity index (χ1) is 11.6. The second kappa shape index (κ2) is 5.31. The van der Waals surface area contributed by atoms with Gasteiger partial charge in [-0.25, -0.2) is 4.79 Å². The Bertz CT molecular complexity index is 1140. The van der Waals surface area contributed by atoms with Gasteiger partial charge in [0.05, 0.1) is 22.5 Å². The molecule has 4 aromatic rings. The molecule has 0 spiro atoms. The van der Waals surface area contributed by atoms with Gasteiger partial charge in [-0.3, -0.25) is 19.7 Å². The molecule has 0 bridgehead atoms. The van der Waals surface area contributed by atoms with Crippen molar-refractivity contribution in [2.24, 2.45) is 0 Å². The van der Waals surface area contributed by atoms with Crippen LogP contribution in [0.5, 0.6) is 0 Å². The van der Waals surface area contributed by atoms with Crippen molar-refractivity contribution in [3.05, 3.63) is 81.0 Å². The number of nitrogens with zero attached hydrogens (tertiary/aromatic N) is 3. The lowest BCUT2D eigenvalue weighted by atomic mass is 10.1. The Morgan fingerprint density at radius 3 is 2.83 bits per heavy atom. The highest BCUT2D eigenvalue weighted by Crippen LogP contribution is 2.22.